The molecule has 19 heavy (non-hydrogen) atoms. The van der Waals surface area contributed by atoms with E-state index < -0.39 is 0 Å². The van der Waals surface area contributed by atoms with Crippen LogP contribution in [0.1, 0.15) is 25.3 Å². The lowest BCUT2D eigenvalue weighted by atomic mass is 9.96. The first-order chi connectivity index (χ1) is 9.05. The predicted molar refractivity (Wildman–Crippen MR) is 78.1 cm³/mol. The zero-order valence-corrected chi connectivity index (χ0v) is 12.5. The molecule has 4 nitrogen and oxygen atoms in total. The van der Waals surface area contributed by atoms with Crippen molar-refractivity contribution in [2.45, 2.75) is 31.2 Å². The SMILES string of the molecule is CC(CO)NC(=O)NCC1(c2cccc(Br)c2)CC1. The quantitative estimate of drug-likeness (QED) is 0.776. The van der Waals surface area contributed by atoms with Crippen molar-refractivity contribution in [1.29, 1.82) is 0 Å². The summed E-state index contributed by atoms with van der Waals surface area (Å²) in [5, 5.41) is 14.5. The number of carbonyl (C=O) groups is 1. The minimum atomic E-state index is -0.221. The summed E-state index contributed by atoms with van der Waals surface area (Å²) in [5.41, 5.74) is 1.35. The van der Waals surface area contributed by atoms with E-state index in [9.17, 15) is 4.79 Å². The summed E-state index contributed by atoms with van der Waals surface area (Å²) in [5.74, 6) is 0. The van der Waals surface area contributed by atoms with Crippen molar-refractivity contribution in [2.75, 3.05) is 13.2 Å². The van der Waals surface area contributed by atoms with Gasteiger partial charge in [-0.2, -0.15) is 0 Å². The second-order valence-corrected chi connectivity index (χ2v) is 6.12. The molecule has 1 fully saturated rings. The van der Waals surface area contributed by atoms with Gasteiger partial charge in [0.1, 0.15) is 0 Å². The predicted octanol–water partition coefficient (Wildman–Crippen LogP) is 2.16. The van der Waals surface area contributed by atoms with Gasteiger partial charge in [-0.1, -0.05) is 28.1 Å². The van der Waals surface area contributed by atoms with Crippen LogP contribution < -0.4 is 10.6 Å². The molecule has 0 saturated heterocycles. The molecule has 1 unspecified atom stereocenters. The van der Waals surface area contributed by atoms with Crippen LogP contribution in [0, 0.1) is 0 Å². The summed E-state index contributed by atoms with van der Waals surface area (Å²) in [6.07, 6.45) is 2.19. The van der Waals surface area contributed by atoms with Gasteiger partial charge in [0.05, 0.1) is 12.6 Å². The number of halogens is 1. The lowest BCUT2D eigenvalue weighted by Gasteiger charge is -2.18. The van der Waals surface area contributed by atoms with Crippen molar-refractivity contribution < 1.29 is 9.90 Å². The third-order valence-electron chi connectivity index (χ3n) is 3.53. The number of hydrogen-bond acceptors (Lipinski definition) is 2. The maximum atomic E-state index is 11.6. The van der Waals surface area contributed by atoms with Gasteiger partial charge in [0, 0.05) is 16.4 Å². The van der Waals surface area contributed by atoms with Crippen molar-refractivity contribution in [2.24, 2.45) is 0 Å². The summed E-state index contributed by atoms with van der Waals surface area (Å²) >= 11 is 3.48. The fourth-order valence-electron chi connectivity index (χ4n) is 2.11. The second-order valence-electron chi connectivity index (χ2n) is 5.20. The van der Waals surface area contributed by atoms with E-state index in [1.165, 1.54) is 5.56 Å². The monoisotopic (exact) mass is 326 g/mol. The highest BCUT2D eigenvalue weighted by Gasteiger charge is 2.44. The minimum absolute atomic E-state index is 0.0514. The summed E-state index contributed by atoms with van der Waals surface area (Å²) < 4.78 is 1.06. The molecule has 1 atom stereocenters. The molecule has 2 rings (SSSR count). The molecule has 0 spiro atoms. The number of benzene rings is 1. The Morgan fingerprint density at radius 1 is 1.53 bits per heavy atom. The Labute approximate surface area is 121 Å². The Hall–Kier alpha value is -1.07. The molecular weight excluding hydrogens is 308 g/mol. The number of aliphatic hydroxyl groups excluding tert-OH is 1. The summed E-state index contributed by atoms with van der Waals surface area (Å²) in [7, 11) is 0. The van der Waals surface area contributed by atoms with Crippen molar-refractivity contribution in [3.8, 4) is 0 Å². The molecule has 0 radical (unpaired) electrons. The third-order valence-corrected chi connectivity index (χ3v) is 4.02. The first-order valence-electron chi connectivity index (χ1n) is 6.47. The molecule has 1 aromatic rings. The van der Waals surface area contributed by atoms with Gasteiger partial charge in [0.25, 0.3) is 0 Å². The van der Waals surface area contributed by atoms with Crippen molar-refractivity contribution >= 4 is 22.0 Å². The second kappa shape index (κ2) is 5.92. The Morgan fingerprint density at radius 2 is 2.26 bits per heavy atom. The topological polar surface area (TPSA) is 61.4 Å². The molecule has 0 aliphatic heterocycles. The maximum Gasteiger partial charge on any atom is 0.315 e. The Balaban J connectivity index is 1.90. The van der Waals surface area contributed by atoms with Crippen LogP contribution in [0.25, 0.3) is 0 Å². The Morgan fingerprint density at radius 3 is 2.84 bits per heavy atom. The Bertz CT molecular complexity index is 461. The molecule has 1 aliphatic rings. The molecule has 3 N–H and O–H groups in total. The third kappa shape index (κ3) is 3.70. The molecule has 0 bridgehead atoms. The smallest absolute Gasteiger partial charge is 0.315 e. The van der Waals surface area contributed by atoms with E-state index in [2.05, 4.69) is 38.7 Å². The van der Waals surface area contributed by atoms with Crippen LogP contribution in [0.15, 0.2) is 28.7 Å². The number of aliphatic hydroxyl groups is 1. The number of carbonyl (C=O) groups excluding carboxylic acids is 1. The summed E-state index contributed by atoms with van der Waals surface area (Å²) in [4.78, 5) is 11.6. The zero-order valence-electron chi connectivity index (χ0n) is 10.9. The van der Waals surface area contributed by atoms with E-state index in [0.717, 1.165) is 17.3 Å². The highest BCUT2D eigenvalue weighted by molar-refractivity contribution is 9.10. The van der Waals surface area contributed by atoms with Gasteiger partial charge in [0.2, 0.25) is 0 Å². The van der Waals surface area contributed by atoms with E-state index in [4.69, 9.17) is 5.11 Å². The van der Waals surface area contributed by atoms with Crippen LogP contribution in [-0.4, -0.2) is 30.3 Å². The highest BCUT2D eigenvalue weighted by atomic mass is 79.9. The van der Waals surface area contributed by atoms with E-state index >= 15 is 0 Å². The summed E-state index contributed by atoms with van der Waals surface area (Å²) in [6, 6.07) is 7.80. The maximum absolute atomic E-state index is 11.6. The average molecular weight is 327 g/mol. The van der Waals surface area contributed by atoms with E-state index in [1.54, 1.807) is 6.92 Å². The molecule has 5 heteroatoms. The van der Waals surface area contributed by atoms with Crippen molar-refractivity contribution in [1.82, 2.24) is 10.6 Å². The van der Waals surface area contributed by atoms with Crippen molar-refractivity contribution in [3.05, 3.63) is 34.3 Å². The van der Waals surface area contributed by atoms with Gasteiger partial charge < -0.3 is 15.7 Å². The van der Waals surface area contributed by atoms with E-state index in [-0.39, 0.29) is 24.1 Å². The molecular formula is C14H19BrN2O2. The molecule has 1 saturated carbocycles. The molecule has 1 aromatic carbocycles. The number of urea groups is 1. The fraction of sp³-hybridized carbons (Fsp3) is 0.500. The molecule has 104 valence electrons. The number of rotatable bonds is 5. The highest BCUT2D eigenvalue weighted by Crippen LogP contribution is 2.48. The number of amides is 2. The van der Waals surface area contributed by atoms with Gasteiger partial charge in [-0.15, -0.1) is 0 Å². The van der Waals surface area contributed by atoms with Crippen LogP contribution in [0.2, 0.25) is 0 Å². The van der Waals surface area contributed by atoms with Crippen LogP contribution in [0.5, 0.6) is 0 Å². The van der Waals surface area contributed by atoms with Crippen LogP contribution >= 0.6 is 15.9 Å². The molecule has 1 aliphatic carbocycles. The lowest BCUT2D eigenvalue weighted by Crippen LogP contribution is -2.44. The largest absolute Gasteiger partial charge is 0.394 e. The van der Waals surface area contributed by atoms with Gasteiger partial charge >= 0.3 is 6.03 Å². The summed E-state index contributed by atoms with van der Waals surface area (Å²) in [6.45, 7) is 2.35. The number of nitrogens with one attached hydrogen (secondary N) is 2. The van der Waals surface area contributed by atoms with E-state index in [0.29, 0.717) is 6.54 Å². The number of hydrogen-bond donors (Lipinski definition) is 3. The van der Waals surface area contributed by atoms with E-state index in [1.807, 2.05) is 12.1 Å². The molecule has 0 heterocycles. The van der Waals surface area contributed by atoms with Gasteiger partial charge in [0.15, 0.2) is 0 Å². The molecule has 2 amide bonds. The standard InChI is InChI=1S/C14H19BrN2O2/c1-10(8-18)17-13(19)16-9-14(5-6-14)11-3-2-4-12(15)7-11/h2-4,7,10,18H,5-6,8-9H2,1H3,(H2,16,17,19). The minimum Gasteiger partial charge on any atom is -0.394 e. The van der Waals surface area contributed by atoms with Gasteiger partial charge in [-0.3, -0.25) is 0 Å². The van der Waals surface area contributed by atoms with Crippen LogP contribution in [-0.2, 0) is 5.41 Å². The van der Waals surface area contributed by atoms with Gasteiger partial charge in [-0.25, -0.2) is 4.79 Å². The van der Waals surface area contributed by atoms with Crippen molar-refractivity contribution in [3.63, 3.8) is 0 Å². The zero-order chi connectivity index (χ0) is 13.9. The first-order valence-corrected chi connectivity index (χ1v) is 7.26. The van der Waals surface area contributed by atoms with Crippen LogP contribution in [0.4, 0.5) is 4.79 Å². The van der Waals surface area contributed by atoms with Gasteiger partial charge in [-0.05, 0) is 37.5 Å². The average Bonchev–Trinajstić information content (AvgIpc) is 3.17. The first kappa shape index (κ1) is 14.3. The molecule has 0 aromatic heterocycles. The van der Waals surface area contributed by atoms with Crippen LogP contribution in [0.3, 0.4) is 0 Å². The lowest BCUT2D eigenvalue weighted by molar-refractivity contribution is 0.220. The Kier molecular flexibility index (Phi) is 4.47. The fourth-order valence-corrected chi connectivity index (χ4v) is 2.51. The normalized spacial score (nSPS) is 17.6.